The van der Waals surface area contributed by atoms with Gasteiger partial charge in [-0.1, -0.05) is 12.1 Å². The number of anilines is 1. The van der Waals surface area contributed by atoms with E-state index in [2.05, 4.69) is 14.8 Å². The third kappa shape index (κ3) is 2.77. The van der Waals surface area contributed by atoms with E-state index in [0.29, 0.717) is 5.69 Å². The molecule has 0 fully saturated rings. The molecule has 0 amide bonds. The monoisotopic (exact) mass is 296 g/mol. The molecule has 0 aliphatic heterocycles. The first-order valence-electron chi connectivity index (χ1n) is 5.60. The fraction of sp³-hybridized carbons (Fsp3) is 0.182. The van der Waals surface area contributed by atoms with Gasteiger partial charge in [0, 0.05) is 0 Å². The maximum absolute atomic E-state index is 11.9. The Morgan fingerprint density at radius 1 is 1.40 bits per heavy atom. The van der Waals surface area contributed by atoms with Crippen LogP contribution in [0.1, 0.15) is 6.92 Å². The minimum atomic E-state index is -4.04. The molecule has 2 rings (SSSR count). The Labute approximate surface area is 115 Å². The Morgan fingerprint density at radius 3 is 2.70 bits per heavy atom. The van der Waals surface area contributed by atoms with E-state index in [-0.39, 0.29) is 5.69 Å². The van der Waals surface area contributed by atoms with Crippen LogP contribution in [0.5, 0.6) is 0 Å². The molecule has 2 N–H and O–H groups in total. The molecule has 2 aromatic rings. The summed E-state index contributed by atoms with van der Waals surface area (Å²) in [4.78, 5) is 14.6. The average molecular weight is 296 g/mol. The Bertz CT molecular complexity index is 712. The van der Waals surface area contributed by atoms with Crippen LogP contribution in [0.4, 0.5) is 5.69 Å². The van der Waals surface area contributed by atoms with Gasteiger partial charge < -0.3 is 5.11 Å². The molecule has 1 aromatic carbocycles. The van der Waals surface area contributed by atoms with Crippen LogP contribution >= 0.6 is 0 Å². The van der Waals surface area contributed by atoms with Crippen LogP contribution in [0.3, 0.4) is 0 Å². The van der Waals surface area contributed by atoms with Crippen molar-refractivity contribution in [2.24, 2.45) is 0 Å². The zero-order valence-corrected chi connectivity index (χ0v) is 11.3. The van der Waals surface area contributed by atoms with Gasteiger partial charge >= 0.3 is 5.97 Å². The van der Waals surface area contributed by atoms with Gasteiger partial charge in [-0.2, -0.15) is 5.10 Å². The molecular weight excluding hydrogens is 284 g/mol. The largest absolute Gasteiger partial charge is 0.480 e. The molecule has 1 aromatic heterocycles. The third-order valence-electron chi connectivity index (χ3n) is 2.64. The van der Waals surface area contributed by atoms with Gasteiger partial charge in [0.05, 0.1) is 11.4 Å². The zero-order chi connectivity index (χ0) is 14.8. The van der Waals surface area contributed by atoms with Crippen molar-refractivity contribution in [1.29, 1.82) is 0 Å². The highest BCUT2D eigenvalue weighted by atomic mass is 32.2. The summed E-state index contributed by atoms with van der Waals surface area (Å²) in [5.74, 6) is -1.42. The number of carbonyl (C=O) groups is 1. The minimum absolute atomic E-state index is 0.228. The number of rotatable bonds is 5. The average Bonchev–Trinajstić information content (AvgIpc) is 2.91. The van der Waals surface area contributed by atoms with E-state index >= 15 is 0 Å². The minimum Gasteiger partial charge on any atom is -0.480 e. The Hall–Kier alpha value is -2.42. The quantitative estimate of drug-likeness (QED) is 0.829. The van der Waals surface area contributed by atoms with Gasteiger partial charge in [-0.3, -0.25) is 9.52 Å². The first-order chi connectivity index (χ1) is 9.42. The van der Waals surface area contributed by atoms with Crippen molar-refractivity contribution in [2.75, 3.05) is 4.72 Å². The first-order valence-corrected chi connectivity index (χ1v) is 7.15. The molecule has 0 spiro atoms. The zero-order valence-electron chi connectivity index (χ0n) is 10.5. The van der Waals surface area contributed by atoms with E-state index in [4.69, 9.17) is 5.11 Å². The number of aromatic nitrogens is 3. The number of hydrogen-bond acceptors (Lipinski definition) is 5. The summed E-state index contributed by atoms with van der Waals surface area (Å²) in [5.41, 5.74) is 0.678. The molecule has 1 unspecified atom stereocenters. The summed E-state index contributed by atoms with van der Waals surface area (Å²) in [6.45, 7) is 1.10. The fourth-order valence-corrected chi connectivity index (χ4v) is 2.39. The maximum Gasteiger partial charge on any atom is 0.323 e. The van der Waals surface area contributed by atoms with E-state index in [1.54, 1.807) is 18.2 Å². The van der Waals surface area contributed by atoms with Crippen molar-refractivity contribution in [2.45, 2.75) is 12.2 Å². The van der Waals surface area contributed by atoms with Crippen LogP contribution in [0.25, 0.3) is 5.69 Å². The number of nitrogens with zero attached hydrogens (tertiary/aromatic N) is 3. The van der Waals surface area contributed by atoms with Crippen LogP contribution < -0.4 is 4.72 Å². The topological polar surface area (TPSA) is 114 Å². The summed E-state index contributed by atoms with van der Waals surface area (Å²) in [7, 11) is -4.04. The van der Waals surface area contributed by atoms with Gasteiger partial charge in [0.15, 0.2) is 5.25 Å². The molecule has 9 heteroatoms. The number of nitrogens with one attached hydrogen (secondary N) is 1. The van der Waals surface area contributed by atoms with Gasteiger partial charge in [0.1, 0.15) is 12.7 Å². The predicted molar refractivity (Wildman–Crippen MR) is 71.0 cm³/mol. The van der Waals surface area contributed by atoms with Crippen LogP contribution in [-0.4, -0.2) is 39.5 Å². The molecule has 0 radical (unpaired) electrons. The summed E-state index contributed by atoms with van der Waals surface area (Å²) in [6.07, 6.45) is 2.72. The van der Waals surface area contributed by atoms with Crippen LogP contribution in [0, 0.1) is 0 Å². The lowest BCUT2D eigenvalue weighted by Gasteiger charge is -2.14. The summed E-state index contributed by atoms with van der Waals surface area (Å²) in [5, 5.41) is 11.2. The van der Waals surface area contributed by atoms with E-state index in [1.165, 1.54) is 23.4 Å². The lowest BCUT2D eigenvalue weighted by atomic mass is 10.3. The fourth-order valence-electron chi connectivity index (χ4n) is 1.47. The first kappa shape index (κ1) is 14.0. The summed E-state index contributed by atoms with van der Waals surface area (Å²) >= 11 is 0. The van der Waals surface area contributed by atoms with Gasteiger partial charge in [0.2, 0.25) is 10.0 Å². The highest BCUT2D eigenvalue weighted by Crippen LogP contribution is 2.21. The van der Waals surface area contributed by atoms with Crippen molar-refractivity contribution >= 4 is 21.7 Å². The van der Waals surface area contributed by atoms with E-state index < -0.39 is 21.2 Å². The SMILES string of the molecule is CC(C(=O)O)S(=O)(=O)Nc1ccccc1-n1cncn1. The highest BCUT2D eigenvalue weighted by molar-refractivity contribution is 7.94. The van der Waals surface area contributed by atoms with Crippen LogP contribution in [-0.2, 0) is 14.8 Å². The molecule has 1 heterocycles. The number of sulfonamides is 1. The molecule has 0 saturated carbocycles. The van der Waals surface area contributed by atoms with Crippen LogP contribution in [0.15, 0.2) is 36.9 Å². The van der Waals surface area contributed by atoms with Gasteiger partial charge in [-0.05, 0) is 19.1 Å². The van der Waals surface area contributed by atoms with E-state index in [9.17, 15) is 13.2 Å². The van der Waals surface area contributed by atoms with Crippen molar-refractivity contribution in [1.82, 2.24) is 14.8 Å². The van der Waals surface area contributed by atoms with Gasteiger partial charge in [-0.15, -0.1) is 0 Å². The number of aliphatic carboxylic acids is 1. The standard InChI is InChI=1S/C11H12N4O4S/c1-8(11(16)17)20(18,19)14-9-4-2-3-5-10(9)15-7-12-6-13-15/h2-8,14H,1H3,(H,16,17). The second-order valence-corrected chi connectivity index (χ2v) is 5.99. The molecule has 0 bridgehead atoms. The number of carboxylic acids is 1. The molecule has 0 aliphatic carbocycles. The number of para-hydroxylation sites is 2. The number of benzene rings is 1. The van der Waals surface area contributed by atoms with E-state index in [1.807, 2.05) is 0 Å². The lowest BCUT2D eigenvalue weighted by molar-refractivity contribution is -0.136. The Balaban J connectivity index is 2.38. The second-order valence-electron chi connectivity index (χ2n) is 3.98. The van der Waals surface area contributed by atoms with Gasteiger partial charge in [0.25, 0.3) is 0 Å². The van der Waals surface area contributed by atoms with Crippen molar-refractivity contribution in [3.05, 3.63) is 36.9 Å². The van der Waals surface area contributed by atoms with Gasteiger partial charge in [-0.25, -0.2) is 18.1 Å². The summed E-state index contributed by atoms with van der Waals surface area (Å²) in [6, 6.07) is 6.49. The molecule has 0 aliphatic rings. The van der Waals surface area contributed by atoms with E-state index in [0.717, 1.165) is 6.92 Å². The van der Waals surface area contributed by atoms with Crippen LogP contribution in [0.2, 0.25) is 0 Å². The number of hydrogen-bond donors (Lipinski definition) is 2. The Kier molecular flexibility index (Phi) is 3.70. The summed E-state index contributed by atoms with van der Waals surface area (Å²) < 4.78 is 27.5. The second kappa shape index (κ2) is 5.29. The predicted octanol–water partition coefficient (Wildman–Crippen LogP) is 0.482. The third-order valence-corrected chi connectivity index (χ3v) is 4.27. The molecule has 0 saturated heterocycles. The molecule has 20 heavy (non-hydrogen) atoms. The molecule has 8 nitrogen and oxygen atoms in total. The number of carboxylic acid groups (broad SMARTS) is 1. The smallest absolute Gasteiger partial charge is 0.323 e. The normalized spacial score (nSPS) is 12.8. The van der Waals surface area contributed by atoms with Crippen molar-refractivity contribution < 1.29 is 18.3 Å². The molecule has 1 atom stereocenters. The molecule has 106 valence electrons. The lowest BCUT2D eigenvalue weighted by Crippen LogP contribution is -2.32. The Morgan fingerprint density at radius 2 is 2.10 bits per heavy atom. The highest BCUT2D eigenvalue weighted by Gasteiger charge is 2.28. The maximum atomic E-state index is 11.9. The molecular formula is C11H12N4O4S. The van der Waals surface area contributed by atoms with Crippen molar-refractivity contribution in [3.63, 3.8) is 0 Å². The van der Waals surface area contributed by atoms with Crippen molar-refractivity contribution in [3.8, 4) is 5.69 Å².